The van der Waals surface area contributed by atoms with Gasteiger partial charge in [-0.25, -0.2) is 4.39 Å². The van der Waals surface area contributed by atoms with Crippen LogP contribution in [-0.2, 0) is 0 Å². The average Bonchev–Trinajstić information content (AvgIpc) is 2.35. The van der Waals surface area contributed by atoms with Crippen LogP contribution in [0.3, 0.4) is 0 Å². The SMILES string of the molecule is CC(C)CN(CCC#N)CC(=O)c1ccccc1F. The van der Waals surface area contributed by atoms with Crippen LogP contribution in [0.15, 0.2) is 24.3 Å². The molecule has 0 radical (unpaired) electrons. The molecule has 0 aliphatic heterocycles. The number of hydrogen-bond acceptors (Lipinski definition) is 3. The predicted molar refractivity (Wildman–Crippen MR) is 72.2 cm³/mol. The fourth-order valence-electron chi connectivity index (χ4n) is 1.94. The summed E-state index contributed by atoms with van der Waals surface area (Å²) in [6.45, 7) is 5.51. The normalized spacial score (nSPS) is 10.7. The zero-order valence-corrected chi connectivity index (χ0v) is 11.4. The molecule has 0 heterocycles. The molecule has 4 heteroatoms. The molecule has 0 aliphatic rings. The zero-order valence-electron chi connectivity index (χ0n) is 11.4. The summed E-state index contributed by atoms with van der Waals surface area (Å²) in [5.41, 5.74) is 0.119. The van der Waals surface area contributed by atoms with Crippen LogP contribution < -0.4 is 0 Å². The van der Waals surface area contributed by atoms with Crippen molar-refractivity contribution < 1.29 is 9.18 Å². The summed E-state index contributed by atoms with van der Waals surface area (Å²) in [6.07, 6.45) is 0.372. The summed E-state index contributed by atoms with van der Waals surface area (Å²) >= 11 is 0. The first-order chi connectivity index (χ1) is 9.04. The molecule has 0 aromatic heterocycles. The molecule has 0 bridgehead atoms. The number of carbonyl (C=O) groups excluding carboxylic acids is 1. The van der Waals surface area contributed by atoms with Crippen molar-refractivity contribution in [2.45, 2.75) is 20.3 Å². The van der Waals surface area contributed by atoms with Gasteiger partial charge in [0.25, 0.3) is 0 Å². The lowest BCUT2D eigenvalue weighted by molar-refractivity contribution is 0.0920. The summed E-state index contributed by atoms with van der Waals surface area (Å²) in [5, 5.41) is 8.62. The van der Waals surface area contributed by atoms with E-state index in [0.29, 0.717) is 18.9 Å². The van der Waals surface area contributed by atoms with Crippen molar-refractivity contribution in [3.63, 3.8) is 0 Å². The number of nitriles is 1. The second-order valence-electron chi connectivity index (χ2n) is 4.94. The van der Waals surface area contributed by atoms with Crippen LogP contribution in [0.2, 0.25) is 0 Å². The lowest BCUT2D eigenvalue weighted by atomic mass is 10.1. The Kier molecular flexibility index (Phi) is 6.17. The van der Waals surface area contributed by atoms with Crippen LogP contribution in [-0.4, -0.2) is 30.3 Å². The van der Waals surface area contributed by atoms with Crippen molar-refractivity contribution in [3.05, 3.63) is 35.6 Å². The smallest absolute Gasteiger partial charge is 0.179 e. The molecule has 0 saturated carbocycles. The molecule has 0 amide bonds. The summed E-state index contributed by atoms with van der Waals surface area (Å²) < 4.78 is 13.5. The van der Waals surface area contributed by atoms with Gasteiger partial charge in [0.1, 0.15) is 5.82 Å². The molecule has 0 spiro atoms. The van der Waals surface area contributed by atoms with E-state index in [1.54, 1.807) is 12.1 Å². The van der Waals surface area contributed by atoms with E-state index in [1.165, 1.54) is 12.1 Å². The highest BCUT2D eigenvalue weighted by Crippen LogP contribution is 2.09. The van der Waals surface area contributed by atoms with Gasteiger partial charge in [-0.1, -0.05) is 26.0 Å². The Bertz CT molecular complexity index is 465. The van der Waals surface area contributed by atoms with Gasteiger partial charge < -0.3 is 0 Å². The summed E-state index contributed by atoms with van der Waals surface area (Å²) in [4.78, 5) is 14.0. The highest BCUT2D eigenvalue weighted by Gasteiger charge is 2.16. The monoisotopic (exact) mass is 262 g/mol. The van der Waals surface area contributed by atoms with Crippen molar-refractivity contribution in [1.82, 2.24) is 4.90 Å². The van der Waals surface area contributed by atoms with Gasteiger partial charge in [0, 0.05) is 19.5 Å². The van der Waals surface area contributed by atoms with Crippen LogP contribution in [0.5, 0.6) is 0 Å². The van der Waals surface area contributed by atoms with E-state index in [-0.39, 0.29) is 17.9 Å². The van der Waals surface area contributed by atoms with Crippen LogP contribution >= 0.6 is 0 Å². The Hall–Kier alpha value is -1.73. The Morgan fingerprint density at radius 3 is 2.68 bits per heavy atom. The largest absolute Gasteiger partial charge is 0.295 e. The Morgan fingerprint density at radius 1 is 1.42 bits per heavy atom. The lowest BCUT2D eigenvalue weighted by Crippen LogP contribution is -2.34. The number of ketones is 1. The number of hydrogen-bond donors (Lipinski definition) is 0. The molecule has 0 aliphatic carbocycles. The van der Waals surface area contributed by atoms with E-state index in [0.717, 1.165) is 6.54 Å². The van der Waals surface area contributed by atoms with E-state index in [1.807, 2.05) is 18.7 Å². The number of Topliss-reactive ketones (excluding diaryl/α,β-unsaturated/α-hetero) is 1. The Labute approximate surface area is 113 Å². The second-order valence-corrected chi connectivity index (χ2v) is 4.94. The second kappa shape index (κ2) is 7.65. The van der Waals surface area contributed by atoms with Gasteiger partial charge in [-0.2, -0.15) is 5.26 Å². The van der Waals surface area contributed by atoms with Crippen molar-refractivity contribution in [3.8, 4) is 6.07 Å². The first-order valence-electron chi connectivity index (χ1n) is 6.41. The summed E-state index contributed by atoms with van der Waals surface area (Å²) in [5.74, 6) is -0.332. The van der Waals surface area contributed by atoms with Crippen molar-refractivity contribution >= 4 is 5.78 Å². The van der Waals surface area contributed by atoms with E-state index in [4.69, 9.17) is 5.26 Å². The number of benzene rings is 1. The maximum absolute atomic E-state index is 13.5. The molecule has 19 heavy (non-hydrogen) atoms. The van der Waals surface area contributed by atoms with Crippen molar-refractivity contribution in [1.29, 1.82) is 5.26 Å². The number of nitrogens with zero attached hydrogens (tertiary/aromatic N) is 2. The summed E-state index contributed by atoms with van der Waals surface area (Å²) in [6, 6.07) is 8.07. The quantitative estimate of drug-likeness (QED) is 0.710. The Balaban J connectivity index is 2.70. The fraction of sp³-hybridized carbons (Fsp3) is 0.467. The maximum atomic E-state index is 13.5. The van der Waals surface area contributed by atoms with E-state index < -0.39 is 5.82 Å². The first kappa shape index (κ1) is 15.3. The lowest BCUT2D eigenvalue weighted by Gasteiger charge is -2.22. The molecule has 0 fully saturated rings. The zero-order chi connectivity index (χ0) is 14.3. The molecule has 0 N–H and O–H groups in total. The van der Waals surface area contributed by atoms with Gasteiger partial charge in [-0.3, -0.25) is 9.69 Å². The van der Waals surface area contributed by atoms with Gasteiger partial charge >= 0.3 is 0 Å². The molecular formula is C15H19FN2O. The molecule has 0 saturated heterocycles. The van der Waals surface area contributed by atoms with Crippen molar-refractivity contribution in [2.24, 2.45) is 5.92 Å². The van der Waals surface area contributed by atoms with Gasteiger partial charge in [0.2, 0.25) is 0 Å². The molecule has 0 atom stereocenters. The standard InChI is InChI=1S/C15H19FN2O/c1-12(2)10-18(9-5-8-17)11-15(19)13-6-3-4-7-14(13)16/h3-4,6-7,12H,5,9-11H2,1-2H3. The molecule has 1 aromatic carbocycles. The molecular weight excluding hydrogens is 243 g/mol. The Morgan fingerprint density at radius 2 is 2.11 bits per heavy atom. The van der Waals surface area contributed by atoms with Gasteiger partial charge in [-0.05, 0) is 18.1 Å². The fourth-order valence-corrected chi connectivity index (χ4v) is 1.94. The van der Waals surface area contributed by atoms with E-state index in [2.05, 4.69) is 6.07 Å². The molecule has 0 unspecified atom stereocenters. The molecule has 102 valence electrons. The summed E-state index contributed by atoms with van der Waals surface area (Å²) in [7, 11) is 0. The predicted octanol–water partition coefficient (Wildman–Crippen LogP) is 2.88. The minimum atomic E-state index is -0.489. The minimum absolute atomic E-state index is 0.119. The van der Waals surface area contributed by atoms with E-state index >= 15 is 0 Å². The van der Waals surface area contributed by atoms with Gasteiger partial charge in [0.15, 0.2) is 5.78 Å². The van der Waals surface area contributed by atoms with Crippen LogP contribution in [0.25, 0.3) is 0 Å². The van der Waals surface area contributed by atoms with E-state index in [9.17, 15) is 9.18 Å². The third-order valence-electron chi connectivity index (χ3n) is 2.70. The number of carbonyl (C=O) groups is 1. The average molecular weight is 262 g/mol. The number of rotatable bonds is 7. The van der Waals surface area contributed by atoms with Crippen molar-refractivity contribution in [2.75, 3.05) is 19.6 Å². The van der Waals surface area contributed by atoms with Crippen LogP contribution in [0.4, 0.5) is 4.39 Å². The minimum Gasteiger partial charge on any atom is -0.295 e. The molecule has 1 rings (SSSR count). The van der Waals surface area contributed by atoms with Gasteiger partial charge in [0.05, 0.1) is 18.2 Å². The maximum Gasteiger partial charge on any atom is 0.179 e. The highest BCUT2D eigenvalue weighted by atomic mass is 19.1. The molecule has 3 nitrogen and oxygen atoms in total. The highest BCUT2D eigenvalue weighted by molar-refractivity contribution is 5.97. The van der Waals surface area contributed by atoms with Crippen LogP contribution in [0.1, 0.15) is 30.6 Å². The third kappa shape index (κ3) is 5.19. The first-order valence-corrected chi connectivity index (χ1v) is 6.41. The third-order valence-corrected chi connectivity index (χ3v) is 2.70. The van der Waals surface area contributed by atoms with Crippen LogP contribution in [0, 0.1) is 23.1 Å². The number of halogens is 1. The molecule has 1 aromatic rings. The van der Waals surface area contributed by atoms with Gasteiger partial charge in [-0.15, -0.1) is 0 Å². The topological polar surface area (TPSA) is 44.1 Å².